The summed E-state index contributed by atoms with van der Waals surface area (Å²) in [5, 5.41) is 3.60. The van der Waals surface area contributed by atoms with Crippen LogP contribution >= 0.6 is 0 Å². The highest BCUT2D eigenvalue weighted by atomic mass is 16.5. The molecule has 0 saturated carbocycles. The maximum Gasteiger partial charge on any atom is 0.379 e. The first-order valence-electron chi connectivity index (χ1n) is 5.99. The minimum atomic E-state index is -0.605. The molecular weight excluding hydrogens is 248 g/mol. The lowest BCUT2D eigenvalue weighted by molar-refractivity contribution is 0.0508. The van der Waals surface area contributed by atoms with Crippen molar-refractivity contribution in [2.75, 3.05) is 13.2 Å². The van der Waals surface area contributed by atoms with Gasteiger partial charge in [0.15, 0.2) is 0 Å². The van der Waals surface area contributed by atoms with Crippen LogP contribution in [0.25, 0.3) is 11.5 Å². The molecule has 0 N–H and O–H groups in total. The number of ether oxygens (including phenoxy) is 2. The molecule has 6 nitrogen and oxygen atoms in total. The van der Waals surface area contributed by atoms with Crippen molar-refractivity contribution in [2.45, 2.75) is 13.8 Å². The Hall–Kier alpha value is -2.37. The van der Waals surface area contributed by atoms with Crippen molar-refractivity contribution >= 4 is 5.97 Å². The minimum Gasteiger partial charge on any atom is -0.493 e. The van der Waals surface area contributed by atoms with Gasteiger partial charge < -0.3 is 14.0 Å². The van der Waals surface area contributed by atoms with E-state index in [2.05, 4.69) is 10.1 Å². The monoisotopic (exact) mass is 262 g/mol. The SMILES string of the molecule is CCOC(=O)c1noc(-c2ccccc2OCC)n1. The fourth-order valence-corrected chi connectivity index (χ4v) is 1.54. The lowest BCUT2D eigenvalue weighted by Gasteiger charge is -2.05. The zero-order chi connectivity index (χ0) is 13.7. The summed E-state index contributed by atoms with van der Waals surface area (Å²) < 4.78 is 15.3. The standard InChI is InChI=1S/C13H14N2O4/c1-3-17-10-8-6-5-7-9(10)12-14-11(15-19-12)13(16)18-4-2/h5-8H,3-4H2,1-2H3. The Kier molecular flexibility index (Phi) is 4.12. The molecule has 0 aliphatic rings. The molecule has 1 aromatic carbocycles. The number of para-hydroxylation sites is 1. The Morgan fingerprint density at radius 2 is 2.05 bits per heavy atom. The Balaban J connectivity index is 2.30. The number of hydrogen-bond donors (Lipinski definition) is 0. The van der Waals surface area contributed by atoms with Crippen molar-refractivity contribution in [3.63, 3.8) is 0 Å². The molecule has 1 aromatic heterocycles. The van der Waals surface area contributed by atoms with Crippen LogP contribution in [-0.4, -0.2) is 29.3 Å². The molecule has 0 amide bonds. The van der Waals surface area contributed by atoms with E-state index in [0.29, 0.717) is 17.9 Å². The summed E-state index contributed by atoms with van der Waals surface area (Å²) in [6.45, 7) is 4.38. The summed E-state index contributed by atoms with van der Waals surface area (Å²) in [5.41, 5.74) is 0.646. The van der Waals surface area contributed by atoms with Gasteiger partial charge in [-0.25, -0.2) is 4.79 Å². The second-order valence-corrected chi connectivity index (χ2v) is 3.57. The molecule has 0 bridgehead atoms. The fraction of sp³-hybridized carbons (Fsp3) is 0.308. The van der Waals surface area contributed by atoms with Gasteiger partial charge in [-0.15, -0.1) is 0 Å². The van der Waals surface area contributed by atoms with Crippen LogP contribution in [0.3, 0.4) is 0 Å². The Bertz CT molecular complexity index is 565. The zero-order valence-corrected chi connectivity index (χ0v) is 10.8. The van der Waals surface area contributed by atoms with E-state index >= 15 is 0 Å². The van der Waals surface area contributed by atoms with Crippen LogP contribution in [0.15, 0.2) is 28.8 Å². The van der Waals surface area contributed by atoms with E-state index in [0.717, 1.165) is 0 Å². The van der Waals surface area contributed by atoms with Gasteiger partial charge in [0.2, 0.25) is 0 Å². The number of hydrogen-bond acceptors (Lipinski definition) is 6. The molecule has 0 saturated heterocycles. The van der Waals surface area contributed by atoms with Crippen LogP contribution in [0.1, 0.15) is 24.5 Å². The molecule has 0 radical (unpaired) electrons. The average molecular weight is 262 g/mol. The quantitative estimate of drug-likeness (QED) is 0.770. The molecule has 0 aliphatic carbocycles. The first-order chi connectivity index (χ1) is 9.26. The normalized spacial score (nSPS) is 10.2. The Morgan fingerprint density at radius 3 is 2.79 bits per heavy atom. The molecule has 0 fully saturated rings. The zero-order valence-electron chi connectivity index (χ0n) is 10.8. The van der Waals surface area contributed by atoms with Crippen molar-refractivity contribution in [1.82, 2.24) is 10.1 Å². The molecular formula is C13H14N2O4. The van der Waals surface area contributed by atoms with E-state index in [1.165, 1.54) is 0 Å². The van der Waals surface area contributed by atoms with Gasteiger partial charge in [0, 0.05) is 0 Å². The number of carbonyl (C=O) groups excluding carboxylic acids is 1. The highest BCUT2D eigenvalue weighted by molar-refractivity contribution is 5.85. The maximum atomic E-state index is 11.5. The van der Waals surface area contributed by atoms with E-state index in [-0.39, 0.29) is 18.3 Å². The Labute approximate surface area is 110 Å². The van der Waals surface area contributed by atoms with E-state index in [4.69, 9.17) is 14.0 Å². The van der Waals surface area contributed by atoms with Gasteiger partial charge in [0.05, 0.1) is 18.8 Å². The lowest BCUT2D eigenvalue weighted by Crippen LogP contribution is -2.06. The highest BCUT2D eigenvalue weighted by Crippen LogP contribution is 2.28. The maximum absolute atomic E-state index is 11.5. The second kappa shape index (κ2) is 5.99. The van der Waals surface area contributed by atoms with Crippen LogP contribution in [-0.2, 0) is 4.74 Å². The largest absolute Gasteiger partial charge is 0.493 e. The molecule has 2 aromatic rings. The highest BCUT2D eigenvalue weighted by Gasteiger charge is 2.18. The number of carbonyl (C=O) groups is 1. The summed E-state index contributed by atoms with van der Waals surface area (Å²) in [6.07, 6.45) is 0. The van der Waals surface area contributed by atoms with E-state index in [9.17, 15) is 4.79 Å². The van der Waals surface area contributed by atoms with Gasteiger partial charge in [-0.1, -0.05) is 12.1 Å². The first kappa shape index (κ1) is 13.1. The minimum absolute atomic E-state index is 0.0943. The molecule has 0 spiro atoms. The van der Waals surface area contributed by atoms with Crippen molar-refractivity contribution in [3.8, 4) is 17.2 Å². The third-order valence-corrected chi connectivity index (χ3v) is 2.30. The predicted octanol–water partition coefficient (Wildman–Crippen LogP) is 2.31. The van der Waals surface area contributed by atoms with Gasteiger partial charge >= 0.3 is 5.97 Å². The molecule has 100 valence electrons. The molecule has 6 heteroatoms. The van der Waals surface area contributed by atoms with Crippen LogP contribution < -0.4 is 4.74 Å². The molecule has 0 aliphatic heterocycles. The smallest absolute Gasteiger partial charge is 0.379 e. The first-order valence-corrected chi connectivity index (χ1v) is 5.99. The van der Waals surface area contributed by atoms with Gasteiger partial charge in [-0.2, -0.15) is 4.98 Å². The third-order valence-electron chi connectivity index (χ3n) is 2.30. The molecule has 2 rings (SSSR count). The van der Waals surface area contributed by atoms with Crippen molar-refractivity contribution in [3.05, 3.63) is 30.1 Å². The van der Waals surface area contributed by atoms with Gasteiger partial charge in [-0.05, 0) is 31.1 Å². The van der Waals surface area contributed by atoms with Gasteiger partial charge in [-0.3, -0.25) is 0 Å². The number of rotatable bonds is 5. The van der Waals surface area contributed by atoms with Crippen LogP contribution in [0.4, 0.5) is 0 Å². The van der Waals surface area contributed by atoms with Crippen LogP contribution in [0, 0.1) is 0 Å². The predicted molar refractivity (Wildman–Crippen MR) is 66.9 cm³/mol. The summed E-state index contributed by atoms with van der Waals surface area (Å²) in [6, 6.07) is 7.25. The van der Waals surface area contributed by atoms with E-state index < -0.39 is 5.97 Å². The van der Waals surface area contributed by atoms with Crippen molar-refractivity contribution < 1.29 is 18.8 Å². The summed E-state index contributed by atoms with van der Waals surface area (Å²) in [5.74, 6) is 0.158. The number of aromatic nitrogens is 2. The molecule has 0 atom stereocenters. The molecule has 1 heterocycles. The molecule has 19 heavy (non-hydrogen) atoms. The average Bonchev–Trinajstić information content (AvgIpc) is 2.90. The van der Waals surface area contributed by atoms with Gasteiger partial charge in [0.1, 0.15) is 5.75 Å². The van der Waals surface area contributed by atoms with E-state index in [1.807, 2.05) is 19.1 Å². The second-order valence-electron chi connectivity index (χ2n) is 3.57. The number of nitrogens with zero attached hydrogens (tertiary/aromatic N) is 2. The van der Waals surface area contributed by atoms with Crippen molar-refractivity contribution in [2.24, 2.45) is 0 Å². The number of benzene rings is 1. The van der Waals surface area contributed by atoms with Crippen LogP contribution in [0.2, 0.25) is 0 Å². The summed E-state index contributed by atoms with van der Waals surface area (Å²) in [7, 11) is 0. The summed E-state index contributed by atoms with van der Waals surface area (Å²) >= 11 is 0. The fourth-order valence-electron chi connectivity index (χ4n) is 1.54. The van der Waals surface area contributed by atoms with Gasteiger partial charge in [0.25, 0.3) is 11.7 Å². The van der Waals surface area contributed by atoms with E-state index in [1.54, 1.807) is 19.1 Å². The third kappa shape index (κ3) is 2.90. The van der Waals surface area contributed by atoms with Crippen LogP contribution in [0.5, 0.6) is 5.75 Å². The number of esters is 1. The van der Waals surface area contributed by atoms with Crippen molar-refractivity contribution in [1.29, 1.82) is 0 Å². The topological polar surface area (TPSA) is 74.5 Å². The Morgan fingerprint density at radius 1 is 1.26 bits per heavy atom. The lowest BCUT2D eigenvalue weighted by atomic mass is 10.2. The summed E-state index contributed by atoms with van der Waals surface area (Å²) in [4.78, 5) is 15.5. The molecule has 0 unspecified atom stereocenters.